The van der Waals surface area contributed by atoms with Gasteiger partial charge in [-0.3, -0.25) is 4.79 Å². The highest BCUT2D eigenvalue weighted by atomic mass is 16.5. The molecule has 2 fully saturated rings. The third-order valence-electron chi connectivity index (χ3n) is 5.93. The fourth-order valence-corrected chi connectivity index (χ4v) is 4.30. The van der Waals surface area contributed by atoms with E-state index in [-0.39, 0.29) is 12.5 Å². The van der Waals surface area contributed by atoms with Gasteiger partial charge in [-0.2, -0.15) is 0 Å². The van der Waals surface area contributed by atoms with Gasteiger partial charge >= 0.3 is 0 Å². The number of hydrogen-bond acceptors (Lipinski definition) is 3. The number of ether oxygens (including phenoxy) is 1. The van der Waals surface area contributed by atoms with Crippen molar-refractivity contribution in [3.8, 4) is 5.75 Å². The first-order valence-corrected chi connectivity index (χ1v) is 10.0. The molecular formula is C23H28N2O2. The maximum atomic E-state index is 12.7. The molecule has 2 heterocycles. The number of fused-ring (bicyclic) bond motifs is 1. The Bertz CT molecular complexity index is 748. The number of carbonyl (C=O) groups is 1. The molecule has 1 amide bonds. The van der Waals surface area contributed by atoms with Gasteiger partial charge in [0.2, 0.25) is 0 Å². The molecule has 0 spiro atoms. The van der Waals surface area contributed by atoms with Crippen LogP contribution in [0.4, 0.5) is 0 Å². The van der Waals surface area contributed by atoms with Crippen LogP contribution in [-0.2, 0) is 11.2 Å². The molecule has 4 nitrogen and oxygen atoms in total. The van der Waals surface area contributed by atoms with E-state index in [0.29, 0.717) is 0 Å². The Morgan fingerprint density at radius 1 is 0.963 bits per heavy atom. The van der Waals surface area contributed by atoms with Gasteiger partial charge < -0.3 is 15.0 Å². The number of nitrogens with zero attached hydrogens (tertiary/aromatic N) is 1. The number of carbonyl (C=O) groups excluding carboxylic acids is 1. The molecular weight excluding hydrogens is 336 g/mol. The summed E-state index contributed by atoms with van der Waals surface area (Å²) >= 11 is 0. The number of amides is 1. The van der Waals surface area contributed by atoms with Crippen LogP contribution in [0.2, 0.25) is 0 Å². The first-order chi connectivity index (χ1) is 13.3. The Morgan fingerprint density at radius 2 is 1.63 bits per heavy atom. The molecule has 4 heteroatoms. The van der Waals surface area contributed by atoms with Crippen LogP contribution in [-0.4, -0.2) is 43.6 Å². The maximum absolute atomic E-state index is 12.7. The highest BCUT2D eigenvalue weighted by molar-refractivity contribution is 5.77. The summed E-state index contributed by atoms with van der Waals surface area (Å²) in [7, 11) is 0. The van der Waals surface area contributed by atoms with Crippen LogP contribution in [0.25, 0.3) is 0 Å². The second kappa shape index (κ2) is 8.57. The molecule has 2 saturated heterocycles. The Morgan fingerprint density at radius 3 is 2.37 bits per heavy atom. The van der Waals surface area contributed by atoms with E-state index in [9.17, 15) is 4.79 Å². The summed E-state index contributed by atoms with van der Waals surface area (Å²) in [5.74, 6) is 2.38. The molecule has 2 aromatic rings. The summed E-state index contributed by atoms with van der Waals surface area (Å²) in [6.45, 7) is 4.05. The van der Waals surface area contributed by atoms with E-state index in [1.165, 1.54) is 5.56 Å². The van der Waals surface area contributed by atoms with E-state index >= 15 is 0 Å². The average Bonchev–Trinajstić information content (AvgIpc) is 3.06. The highest BCUT2D eigenvalue weighted by Crippen LogP contribution is 2.27. The molecule has 0 unspecified atom stereocenters. The second-order valence-corrected chi connectivity index (χ2v) is 7.70. The van der Waals surface area contributed by atoms with Crippen LogP contribution in [0, 0.1) is 11.8 Å². The topological polar surface area (TPSA) is 41.6 Å². The van der Waals surface area contributed by atoms with Crippen LogP contribution in [0.15, 0.2) is 54.6 Å². The quantitative estimate of drug-likeness (QED) is 0.886. The monoisotopic (exact) mass is 364 g/mol. The minimum atomic E-state index is 0.109. The second-order valence-electron chi connectivity index (χ2n) is 7.70. The van der Waals surface area contributed by atoms with Crippen LogP contribution in [0.3, 0.4) is 0 Å². The lowest BCUT2D eigenvalue weighted by Crippen LogP contribution is -2.36. The molecule has 4 rings (SSSR count). The summed E-state index contributed by atoms with van der Waals surface area (Å²) in [4.78, 5) is 14.7. The van der Waals surface area contributed by atoms with E-state index in [1.807, 2.05) is 41.3 Å². The van der Waals surface area contributed by atoms with E-state index in [1.54, 1.807) is 0 Å². The molecule has 142 valence electrons. The normalized spacial score (nSPS) is 22.1. The Labute approximate surface area is 161 Å². The number of hydrogen-bond donors (Lipinski definition) is 1. The van der Waals surface area contributed by atoms with Crippen molar-refractivity contribution in [1.82, 2.24) is 10.2 Å². The van der Waals surface area contributed by atoms with E-state index in [4.69, 9.17) is 4.74 Å². The van der Waals surface area contributed by atoms with Gasteiger partial charge in [0.1, 0.15) is 5.75 Å². The zero-order chi connectivity index (χ0) is 18.5. The van der Waals surface area contributed by atoms with Crippen molar-refractivity contribution >= 4 is 5.91 Å². The van der Waals surface area contributed by atoms with Gasteiger partial charge in [0.15, 0.2) is 6.61 Å². The first kappa shape index (κ1) is 18.1. The minimum absolute atomic E-state index is 0.109. The van der Waals surface area contributed by atoms with Crippen molar-refractivity contribution in [2.75, 3.05) is 32.8 Å². The lowest BCUT2D eigenvalue weighted by molar-refractivity contribution is -0.133. The van der Waals surface area contributed by atoms with E-state index in [0.717, 1.165) is 68.6 Å². The van der Waals surface area contributed by atoms with Crippen molar-refractivity contribution in [1.29, 1.82) is 0 Å². The first-order valence-electron chi connectivity index (χ1n) is 10.0. The van der Waals surface area contributed by atoms with Gasteiger partial charge in [-0.1, -0.05) is 48.5 Å². The molecule has 2 atom stereocenters. The van der Waals surface area contributed by atoms with Gasteiger partial charge in [0, 0.05) is 19.5 Å². The lowest BCUT2D eigenvalue weighted by Gasteiger charge is -2.21. The Balaban J connectivity index is 1.35. The molecule has 2 aromatic carbocycles. The highest BCUT2D eigenvalue weighted by Gasteiger charge is 2.31. The molecule has 27 heavy (non-hydrogen) atoms. The van der Waals surface area contributed by atoms with Crippen molar-refractivity contribution in [3.05, 3.63) is 65.7 Å². The predicted molar refractivity (Wildman–Crippen MR) is 107 cm³/mol. The average molecular weight is 364 g/mol. The molecule has 0 aromatic heterocycles. The zero-order valence-corrected chi connectivity index (χ0v) is 15.8. The fraction of sp³-hybridized carbons (Fsp3) is 0.435. The molecule has 0 aliphatic carbocycles. The third kappa shape index (κ3) is 4.51. The summed E-state index contributed by atoms with van der Waals surface area (Å²) in [5.41, 5.74) is 2.36. The maximum Gasteiger partial charge on any atom is 0.260 e. The SMILES string of the molecule is O=C(COc1ccccc1Cc1ccccc1)N1CC[C@@H]2CNC[C@@H]2CC1. The van der Waals surface area contributed by atoms with Crippen LogP contribution in [0.1, 0.15) is 24.0 Å². The smallest absolute Gasteiger partial charge is 0.260 e. The molecule has 0 saturated carbocycles. The van der Waals surface area contributed by atoms with Crippen molar-refractivity contribution in [2.24, 2.45) is 11.8 Å². The fourth-order valence-electron chi connectivity index (χ4n) is 4.30. The minimum Gasteiger partial charge on any atom is -0.483 e. The third-order valence-corrected chi connectivity index (χ3v) is 5.93. The summed E-state index contributed by atoms with van der Waals surface area (Å²) < 4.78 is 5.96. The number of nitrogens with one attached hydrogen (secondary N) is 1. The van der Waals surface area contributed by atoms with Crippen LogP contribution < -0.4 is 10.1 Å². The van der Waals surface area contributed by atoms with Crippen LogP contribution >= 0.6 is 0 Å². The number of benzene rings is 2. The zero-order valence-electron chi connectivity index (χ0n) is 15.8. The van der Waals surface area contributed by atoms with Crippen LogP contribution in [0.5, 0.6) is 5.75 Å². The van der Waals surface area contributed by atoms with Crippen molar-refractivity contribution < 1.29 is 9.53 Å². The molecule has 0 bridgehead atoms. The van der Waals surface area contributed by atoms with E-state index in [2.05, 4.69) is 23.5 Å². The van der Waals surface area contributed by atoms with Gasteiger partial charge in [-0.15, -0.1) is 0 Å². The summed E-state index contributed by atoms with van der Waals surface area (Å²) in [6, 6.07) is 18.4. The molecule has 1 N–H and O–H groups in total. The van der Waals surface area contributed by atoms with Crippen molar-refractivity contribution in [3.63, 3.8) is 0 Å². The van der Waals surface area contributed by atoms with Gasteiger partial charge in [-0.25, -0.2) is 0 Å². The largest absolute Gasteiger partial charge is 0.483 e. The Kier molecular flexibility index (Phi) is 5.73. The van der Waals surface area contributed by atoms with Crippen molar-refractivity contribution in [2.45, 2.75) is 19.3 Å². The van der Waals surface area contributed by atoms with Gasteiger partial charge in [0.25, 0.3) is 5.91 Å². The molecule has 2 aliphatic heterocycles. The summed E-state index contributed by atoms with van der Waals surface area (Å²) in [5, 5.41) is 3.48. The number of para-hydroxylation sites is 1. The standard InChI is InChI=1S/C23H28N2O2/c26-23(25-12-10-20-15-24-16-21(20)11-13-25)17-27-22-9-5-4-8-19(22)14-18-6-2-1-3-7-18/h1-9,20-21,24H,10-17H2/t20-,21+. The molecule has 0 radical (unpaired) electrons. The van der Waals surface area contributed by atoms with E-state index < -0.39 is 0 Å². The van der Waals surface area contributed by atoms with Gasteiger partial charge in [0.05, 0.1) is 0 Å². The lowest BCUT2D eigenvalue weighted by atomic mass is 9.92. The Hall–Kier alpha value is -2.33. The number of likely N-dealkylation sites (tertiary alicyclic amines) is 1. The number of rotatable bonds is 5. The molecule has 2 aliphatic rings. The summed E-state index contributed by atoms with van der Waals surface area (Å²) in [6.07, 6.45) is 3.02. The predicted octanol–water partition coefficient (Wildman–Crippen LogP) is 3.11. The van der Waals surface area contributed by atoms with Gasteiger partial charge in [-0.05, 0) is 55.0 Å².